The summed E-state index contributed by atoms with van der Waals surface area (Å²) < 4.78 is 0. The highest BCUT2D eigenvalue weighted by atomic mass is 16.4. The van der Waals surface area contributed by atoms with E-state index >= 15 is 0 Å². The molecule has 1 rings (SSSR count). The predicted molar refractivity (Wildman–Crippen MR) is 71.1 cm³/mol. The number of nitrogens with zero attached hydrogens (tertiary/aromatic N) is 1. The molecule has 1 atom stereocenters. The minimum atomic E-state index is -0.863. The second-order valence-electron chi connectivity index (χ2n) is 4.77. The van der Waals surface area contributed by atoms with Gasteiger partial charge in [-0.3, -0.25) is 9.59 Å². The predicted octanol–water partition coefficient (Wildman–Crippen LogP) is 2.44. The van der Waals surface area contributed by atoms with Gasteiger partial charge in [-0.25, -0.2) is 0 Å². The number of carboxylic acid groups (broad SMARTS) is 1. The molecule has 0 fully saturated rings. The largest absolute Gasteiger partial charge is 0.481 e. The molecule has 0 aliphatic carbocycles. The monoisotopic (exact) mass is 249 g/mol. The number of ketones is 1. The van der Waals surface area contributed by atoms with E-state index in [1.807, 2.05) is 31.1 Å². The second-order valence-corrected chi connectivity index (χ2v) is 4.77. The van der Waals surface area contributed by atoms with Crippen LogP contribution in [-0.4, -0.2) is 31.0 Å². The summed E-state index contributed by atoms with van der Waals surface area (Å²) in [4.78, 5) is 24.4. The lowest BCUT2D eigenvalue weighted by Crippen LogP contribution is -2.11. The van der Waals surface area contributed by atoms with E-state index in [1.54, 1.807) is 19.1 Å². The summed E-state index contributed by atoms with van der Waals surface area (Å²) in [6.07, 6.45) is 0.301. The SMILES string of the molecule is CC(CC(=O)O)CC(=O)c1ccc(N(C)C)cc1. The van der Waals surface area contributed by atoms with Gasteiger partial charge in [0, 0.05) is 38.2 Å². The van der Waals surface area contributed by atoms with E-state index in [0.717, 1.165) is 5.69 Å². The molecule has 4 heteroatoms. The highest BCUT2D eigenvalue weighted by Gasteiger charge is 2.14. The van der Waals surface area contributed by atoms with Crippen molar-refractivity contribution in [3.05, 3.63) is 29.8 Å². The third-order valence-electron chi connectivity index (χ3n) is 2.76. The number of hydrogen-bond acceptors (Lipinski definition) is 3. The Hall–Kier alpha value is -1.84. The number of carboxylic acids is 1. The van der Waals surface area contributed by atoms with E-state index < -0.39 is 5.97 Å². The lowest BCUT2D eigenvalue weighted by Gasteiger charge is -2.13. The standard InChI is InChI=1S/C14H19NO3/c1-10(9-14(17)18)8-13(16)11-4-6-12(7-5-11)15(2)3/h4-7,10H,8-9H2,1-3H3,(H,17,18). The molecule has 0 aromatic heterocycles. The van der Waals surface area contributed by atoms with Crippen molar-refractivity contribution in [1.29, 1.82) is 0 Å². The first-order chi connectivity index (χ1) is 8.40. The van der Waals surface area contributed by atoms with Crippen LogP contribution in [0.1, 0.15) is 30.1 Å². The zero-order valence-electron chi connectivity index (χ0n) is 11.0. The van der Waals surface area contributed by atoms with Gasteiger partial charge in [0.2, 0.25) is 0 Å². The molecule has 0 saturated heterocycles. The highest BCUT2D eigenvalue weighted by molar-refractivity contribution is 5.96. The molecule has 0 radical (unpaired) electrons. The molecular formula is C14H19NO3. The molecule has 0 heterocycles. The van der Waals surface area contributed by atoms with Gasteiger partial charge < -0.3 is 10.0 Å². The van der Waals surface area contributed by atoms with Gasteiger partial charge in [0.15, 0.2) is 5.78 Å². The first-order valence-electron chi connectivity index (χ1n) is 5.92. The summed E-state index contributed by atoms with van der Waals surface area (Å²) in [5.41, 5.74) is 1.67. The number of aliphatic carboxylic acids is 1. The van der Waals surface area contributed by atoms with Gasteiger partial charge in [-0.05, 0) is 30.2 Å². The van der Waals surface area contributed by atoms with Gasteiger partial charge in [0.05, 0.1) is 0 Å². The Balaban J connectivity index is 2.64. The number of rotatable bonds is 6. The van der Waals surface area contributed by atoms with Crippen LogP contribution in [0.25, 0.3) is 0 Å². The normalized spacial score (nSPS) is 11.9. The Morgan fingerprint density at radius 1 is 1.17 bits per heavy atom. The Morgan fingerprint density at radius 2 is 1.72 bits per heavy atom. The summed E-state index contributed by atoms with van der Waals surface area (Å²) in [6, 6.07) is 7.33. The van der Waals surface area contributed by atoms with Crippen molar-refractivity contribution >= 4 is 17.4 Å². The fraction of sp³-hybridized carbons (Fsp3) is 0.429. The van der Waals surface area contributed by atoms with Crippen LogP contribution in [0.3, 0.4) is 0 Å². The average molecular weight is 249 g/mol. The molecule has 98 valence electrons. The molecule has 1 aromatic carbocycles. The number of carbonyl (C=O) groups is 2. The van der Waals surface area contributed by atoms with Crippen molar-refractivity contribution in [2.24, 2.45) is 5.92 Å². The maximum absolute atomic E-state index is 11.9. The third kappa shape index (κ3) is 4.20. The highest BCUT2D eigenvalue weighted by Crippen LogP contribution is 2.16. The summed E-state index contributed by atoms with van der Waals surface area (Å²) in [7, 11) is 3.87. The summed E-state index contributed by atoms with van der Waals surface area (Å²) >= 11 is 0. The van der Waals surface area contributed by atoms with Gasteiger partial charge in [-0.2, -0.15) is 0 Å². The number of anilines is 1. The first kappa shape index (κ1) is 14.2. The van der Waals surface area contributed by atoms with Crippen LogP contribution in [0, 0.1) is 5.92 Å². The van der Waals surface area contributed by atoms with Crippen LogP contribution in [0.4, 0.5) is 5.69 Å². The molecule has 4 nitrogen and oxygen atoms in total. The van der Waals surface area contributed by atoms with Gasteiger partial charge in [0.1, 0.15) is 0 Å². The zero-order valence-corrected chi connectivity index (χ0v) is 11.0. The van der Waals surface area contributed by atoms with Crippen LogP contribution in [0.15, 0.2) is 24.3 Å². The van der Waals surface area contributed by atoms with Crippen LogP contribution in [0.2, 0.25) is 0 Å². The molecule has 1 aromatic rings. The minimum Gasteiger partial charge on any atom is -0.481 e. The molecule has 0 aliphatic heterocycles. The van der Waals surface area contributed by atoms with Crippen molar-refractivity contribution in [3.63, 3.8) is 0 Å². The topological polar surface area (TPSA) is 57.6 Å². The molecular weight excluding hydrogens is 230 g/mol. The van der Waals surface area contributed by atoms with Crippen LogP contribution in [0.5, 0.6) is 0 Å². The average Bonchev–Trinajstić information content (AvgIpc) is 2.27. The molecule has 0 aliphatic rings. The van der Waals surface area contributed by atoms with Crippen molar-refractivity contribution in [1.82, 2.24) is 0 Å². The Morgan fingerprint density at radius 3 is 2.17 bits per heavy atom. The van der Waals surface area contributed by atoms with E-state index in [0.29, 0.717) is 5.56 Å². The number of hydrogen-bond donors (Lipinski definition) is 1. The summed E-state index contributed by atoms with van der Waals surface area (Å²) in [6.45, 7) is 1.78. The fourth-order valence-electron chi connectivity index (χ4n) is 1.75. The van der Waals surface area contributed by atoms with E-state index in [2.05, 4.69) is 0 Å². The van der Waals surface area contributed by atoms with Gasteiger partial charge in [-0.1, -0.05) is 6.92 Å². The van der Waals surface area contributed by atoms with Crippen LogP contribution >= 0.6 is 0 Å². The number of Topliss-reactive ketones (excluding diaryl/α,β-unsaturated/α-hetero) is 1. The molecule has 1 unspecified atom stereocenters. The van der Waals surface area contributed by atoms with Crippen molar-refractivity contribution in [2.75, 3.05) is 19.0 Å². The van der Waals surface area contributed by atoms with Gasteiger partial charge in [0.25, 0.3) is 0 Å². The number of carbonyl (C=O) groups excluding carboxylic acids is 1. The molecule has 0 amide bonds. The fourth-order valence-corrected chi connectivity index (χ4v) is 1.75. The van der Waals surface area contributed by atoms with E-state index in [-0.39, 0.29) is 24.5 Å². The number of benzene rings is 1. The maximum atomic E-state index is 11.9. The minimum absolute atomic E-state index is 0.00550. The molecule has 0 saturated carbocycles. The lowest BCUT2D eigenvalue weighted by molar-refractivity contribution is -0.137. The third-order valence-corrected chi connectivity index (χ3v) is 2.76. The second kappa shape index (κ2) is 6.19. The molecule has 18 heavy (non-hydrogen) atoms. The Kier molecular flexibility index (Phi) is 4.89. The van der Waals surface area contributed by atoms with E-state index in [1.165, 1.54) is 0 Å². The van der Waals surface area contributed by atoms with E-state index in [9.17, 15) is 9.59 Å². The lowest BCUT2D eigenvalue weighted by atomic mass is 9.97. The Labute approximate surface area is 107 Å². The zero-order chi connectivity index (χ0) is 13.7. The van der Waals surface area contributed by atoms with Crippen LogP contribution in [-0.2, 0) is 4.79 Å². The van der Waals surface area contributed by atoms with Gasteiger partial charge in [-0.15, -0.1) is 0 Å². The van der Waals surface area contributed by atoms with Crippen molar-refractivity contribution in [2.45, 2.75) is 19.8 Å². The molecule has 0 bridgehead atoms. The summed E-state index contributed by atoms with van der Waals surface area (Å²) in [5.74, 6) is -1.00. The maximum Gasteiger partial charge on any atom is 0.303 e. The van der Waals surface area contributed by atoms with Crippen molar-refractivity contribution < 1.29 is 14.7 Å². The van der Waals surface area contributed by atoms with Gasteiger partial charge >= 0.3 is 5.97 Å². The molecule has 0 spiro atoms. The summed E-state index contributed by atoms with van der Waals surface area (Å²) in [5, 5.41) is 8.65. The van der Waals surface area contributed by atoms with Crippen molar-refractivity contribution in [3.8, 4) is 0 Å². The Bertz CT molecular complexity index is 423. The van der Waals surface area contributed by atoms with E-state index in [4.69, 9.17) is 5.11 Å². The quantitative estimate of drug-likeness (QED) is 0.787. The first-order valence-corrected chi connectivity index (χ1v) is 5.92. The molecule has 1 N–H and O–H groups in total. The smallest absolute Gasteiger partial charge is 0.303 e. The van der Waals surface area contributed by atoms with Crippen LogP contribution < -0.4 is 4.90 Å².